The van der Waals surface area contributed by atoms with Crippen molar-refractivity contribution in [1.29, 1.82) is 0 Å². The van der Waals surface area contributed by atoms with Crippen LogP contribution in [0.25, 0.3) is 0 Å². The van der Waals surface area contributed by atoms with E-state index in [9.17, 15) is 4.79 Å². The van der Waals surface area contributed by atoms with E-state index in [0.29, 0.717) is 25.0 Å². The van der Waals surface area contributed by atoms with E-state index < -0.39 is 0 Å². The van der Waals surface area contributed by atoms with Crippen LogP contribution in [-0.2, 0) is 17.6 Å². The van der Waals surface area contributed by atoms with Gasteiger partial charge in [-0.05, 0) is 42.5 Å². The monoisotopic (exact) mass is 398 g/mol. The SMILES string of the molecule is CC(=O)CC(C)Cc1ccc(C#Cc2cnc(OCCc3ccccc3)nc2)cc1. The van der Waals surface area contributed by atoms with Crippen molar-refractivity contribution in [3.05, 3.63) is 89.2 Å². The molecule has 0 saturated heterocycles. The molecule has 0 bridgehead atoms. The third kappa shape index (κ3) is 7.18. The van der Waals surface area contributed by atoms with Gasteiger partial charge in [-0.15, -0.1) is 0 Å². The van der Waals surface area contributed by atoms with Crippen LogP contribution in [-0.4, -0.2) is 22.4 Å². The molecule has 2 aromatic carbocycles. The summed E-state index contributed by atoms with van der Waals surface area (Å²) in [5, 5.41) is 0. The van der Waals surface area contributed by atoms with Gasteiger partial charge in [0.05, 0.1) is 12.2 Å². The predicted octanol–water partition coefficient (Wildman–Crippen LogP) is 4.66. The summed E-state index contributed by atoms with van der Waals surface area (Å²) in [4.78, 5) is 19.7. The number of hydrogen-bond acceptors (Lipinski definition) is 4. The Morgan fingerprint density at radius 3 is 2.27 bits per heavy atom. The molecule has 0 fully saturated rings. The Kier molecular flexibility index (Phi) is 7.74. The third-order valence-electron chi connectivity index (χ3n) is 4.62. The summed E-state index contributed by atoms with van der Waals surface area (Å²) in [5.41, 5.74) is 4.11. The highest BCUT2D eigenvalue weighted by molar-refractivity contribution is 5.75. The molecule has 3 aromatic rings. The molecule has 1 aromatic heterocycles. The highest BCUT2D eigenvalue weighted by Crippen LogP contribution is 2.13. The number of benzene rings is 2. The number of Topliss-reactive ketones (excluding diaryl/α,β-unsaturated/α-hetero) is 1. The second-order valence-corrected chi connectivity index (χ2v) is 7.50. The van der Waals surface area contributed by atoms with Gasteiger partial charge in [0.15, 0.2) is 0 Å². The first-order valence-electron chi connectivity index (χ1n) is 10.2. The molecule has 0 saturated carbocycles. The van der Waals surface area contributed by atoms with Crippen molar-refractivity contribution in [3.8, 4) is 17.9 Å². The van der Waals surface area contributed by atoms with Crippen molar-refractivity contribution in [2.75, 3.05) is 6.61 Å². The number of ether oxygens (including phenoxy) is 1. The van der Waals surface area contributed by atoms with E-state index in [1.807, 2.05) is 30.3 Å². The fraction of sp³-hybridized carbons (Fsp3) is 0.269. The molecule has 0 amide bonds. The maximum Gasteiger partial charge on any atom is 0.316 e. The minimum absolute atomic E-state index is 0.236. The molecule has 0 N–H and O–H groups in total. The first kappa shape index (κ1) is 21.3. The van der Waals surface area contributed by atoms with Crippen molar-refractivity contribution in [3.63, 3.8) is 0 Å². The van der Waals surface area contributed by atoms with Crippen molar-refractivity contribution >= 4 is 5.78 Å². The van der Waals surface area contributed by atoms with Crippen LogP contribution in [0, 0.1) is 17.8 Å². The van der Waals surface area contributed by atoms with E-state index in [2.05, 4.69) is 53.0 Å². The van der Waals surface area contributed by atoms with Crippen LogP contribution in [0.2, 0.25) is 0 Å². The molecule has 0 aliphatic rings. The number of rotatable bonds is 8. The second kappa shape index (κ2) is 10.9. The van der Waals surface area contributed by atoms with Crippen LogP contribution in [0.5, 0.6) is 6.01 Å². The molecule has 0 aliphatic heterocycles. The maximum atomic E-state index is 11.2. The molecule has 30 heavy (non-hydrogen) atoms. The summed E-state index contributed by atoms with van der Waals surface area (Å²) in [6.07, 6.45) is 5.68. The summed E-state index contributed by atoms with van der Waals surface area (Å²) in [5.74, 6) is 6.80. The Morgan fingerprint density at radius 2 is 1.60 bits per heavy atom. The standard InChI is InChI=1S/C26H26N2O2/c1-20(16-21(2)29)17-24-11-8-23(9-12-24)10-13-25-18-27-26(28-19-25)30-15-14-22-6-4-3-5-7-22/h3-9,11-12,18-20H,14-17H2,1-2H3. The Balaban J connectivity index is 1.50. The van der Waals surface area contributed by atoms with Gasteiger partial charge in [0.1, 0.15) is 5.78 Å². The minimum atomic E-state index is 0.236. The molecular formula is C26H26N2O2. The van der Waals surface area contributed by atoms with Crippen LogP contribution in [0.1, 0.15) is 42.5 Å². The zero-order valence-corrected chi connectivity index (χ0v) is 17.5. The van der Waals surface area contributed by atoms with Gasteiger partial charge in [0.2, 0.25) is 0 Å². The van der Waals surface area contributed by atoms with E-state index in [1.165, 1.54) is 11.1 Å². The molecule has 152 valence electrons. The van der Waals surface area contributed by atoms with Gasteiger partial charge in [0, 0.05) is 30.8 Å². The third-order valence-corrected chi connectivity index (χ3v) is 4.62. The van der Waals surface area contributed by atoms with E-state index >= 15 is 0 Å². The average Bonchev–Trinajstić information content (AvgIpc) is 2.74. The molecule has 3 rings (SSSR count). The topological polar surface area (TPSA) is 52.1 Å². The lowest BCUT2D eigenvalue weighted by atomic mass is 9.96. The molecule has 4 nitrogen and oxygen atoms in total. The van der Waals surface area contributed by atoms with Crippen LogP contribution >= 0.6 is 0 Å². The highest BCUT2D eigenvalue weighted by Gasteiger charge is 2.06. The van der Waals surface area contributed by atoms with Gasteiger partial charge in [-0.2, -0.15) is 0 Å². The number of nitrogens with zero attached hydrogens (tertiary/aromatic N) is 2. The largest absolute Gasteiger partial charge is 0.463 e. The van der Waals surface area contributed by atoms with Gasteiger partial charge in [0.25, 0.3) is 0 Å². The lowest BCUT2D eigenvalue weighted by Crippen LogP contribution is -2.04. The van der Waals surface area contributed by atoms with Crippen molar-refractivity contribution < 1.29 is 9.53 Å². The molecule has 0 aliphatic carbocycles. The molecule has 1 atom stereocenters. The quantitative estimate of drug-likeness (QED) is 0.518. The molecule has 0 spiro atoms. The normalized spacial score (nSPS) is 11.3. The first-order chi connectivity index (χ1) is 14.6. The van der Waals surface area contributed by atoms with Crippen LogP contribution in [0.3, 0.4) is 0 Å². The molecule has 1 heterocycles. The fourth-order valence-corrected chi connectivity index (χ4v) is 3.19. The molecule has 1 unspecified atom stereocenters. The van der Waals surface area contributed by atoms with Gasteiger partial charge in [-0.1, -0.05) is 61.2 Å². The van der Waals surface area contributed by atoms with Crippen LogP contribution < -0.4 is 4.74 Å². The highest BCUT2D eigenvalue weighted by atomic mass is 16.5. The fourth-order valence-electron chi connectivity index (χ4n) is 3.19. The van der Waals surface area contributed by atoms with Gasteiger partial charge in [-0.3, -0.25) is 0 Å². The lowest BCUT2D eigenvalue weighted by Gasteiger charge is -2.09. The van der Waals surface area contributed by atoms with Gasteiger partial charge < -0.3 is 9.53 Å². The number of ketones is 1. The Bertz CT molecular complexity index is 1000. The number of aromatic nitrogens is 2. The van der Waals surface area contributed by atoms with Gasteiger partial charge >= 0.3 is 6.01 Å². The zero-order valence-electron chi connectivity index (χ0n) is 17.5. The van der Waals surface area contributed by atoms with E-state index in [0.717, 1.165) is 24.0 Å². The molecule has 0 radical (unpaired) electrons. The Hall–Kier alpha value is -3.45. The summed E-state index contributed by atoms with van der Waals surface area (Å²) >= 11 is 0. The van der Waals surface area contributed by atoms with E-state index in [-0.39, 0.29) is 5.78 Å². The predicted molar refractivity (Wildman–Crippen MR) is 118 cm³/mol. The Labute approximate surface area is 178 Å². The minimum Gasteiger partial charge on any atom is -0.463 e. The lowest BCUT2D eigenvalue weighted by molar-refractivity contribution is -0.117. The molecule has 4 heteroatoms. The van der Waals surface area contributed by atoms with E-state index in [4.69, 9.17) is 4.74 Å². The average molecular weight is 399 g/mol. The maximum absolute atomic E-state index is 11.2. The number of hydrogen-bond donors (Lipinski definition) is 0. The molecular weight excluding hydrogens is 372 g/mol. The summed E-state index contributed by atoms with van der Waals surface area (Å²) in [7, 11) is 0. The number of carbonyl (C=O) groups excluding carboxylic acids is 1. The summed E-state index contributed by atoms with van der Waals surface area (Å²) in [6, 6.07) is 18.7. The summed E-state index contributed by atoms with van der Waals surface area (Å²) < 4.78 is 5.60. The van der Waals surface area contributed by atoms with Crippen LogP contribution in [0.15, 0.2) is 67.0 Å². The second-order valence-electron chi connectivity index (χ2n) is 7.50. The van der Waals surface area contributed by atoms with Crippen LogP contribution in [0.4, 0.5) is 0 Å². The first-order valence-corrected chi connectivity index (χ1v) is 10.2. The van der Waals surface area contributed by atoms with Crippen molar-refractivity contribution in [2.45, 2.75) is 33.1 Å². The van der Waals surface area contributed by atoms with E-state index in [1.54, 1.807) is 19.3 Å². The zero-order chi connectivity index (χ0) is 21.2. The van der Waals surface area contributed by atoms with Crippen molar-refractivity contribution in [1.82, 2.24) is 9.97 Å². The smallest absolute Gasteiger partial charge is 0.316 e. The van der Waals surface area contributed by atoms with Crippen molar-refractivity contribution in [2.24, 2.45) is 5.92 Å². The summed E-state index contributed by atoms with van der Waals surface area (Å²) in [6.45, 7) is 4.28. The Morgan fingerprint density at radius 1 is 0.933 bits per heavy atom. The number of carbonyl (C=O) groups is 1. The van der Waals surface area contributed by atoms with Gasteiger partial charge in [-0.25, -0.2) is 9.97 Å².